The van der Waals surface area contributed by atoms with Gasteiger partial charge in [0.2, 0.25) is 0 Å². The first kappa shape index (κ1) is 16.6. The Labute approximate surface area is 132 Å². The van der Waals surface area contributed by atoms with Gasteiger partial charge in [0.05, 0.1) is 15.9 Å². The van der Waals surface area contributed by atoms with Crippen LogP contribution in [0.4, 0.5) is 31.5 Å². The molecule has 1 N–H and O–H groups in total. The van der Waals surface area contributed by atoms with Gasteiger partial charge in [-0.1, -0.05) is 17.7 Å². The van der Waals surface area contributed by atoms with Crippen LogP contribution in [0.5, 0.6) is 0 Å². The molecule has 2 aromatic rings. The van der Waals surface area contributed by atoms with E-state index < -0.39 is 38.5 Å². The van der Waals surface area contributed by atoms with Gasteiger partial charge in [-0.05, 0) is 19.1 Å². The Balaban J connectivity index is 2.69. The zero-order valence-corrected chi connectivity index (χ0v) is 12.2. The smallest absolute Gasteiger partial charge is 0.299 e. The minimum absolute atomic E-state index is 0.0739. The van der Waals surface area contributed by atoms with Crippen molar-refractivity contribution in [3.63, 3.8) is 0 Å². The number of nitrogens with zero attached hydrogens (tertiary/aromatic N) is 2. The van der Waals surface area contributed by atoms with Crippen molar-refractivity contribution in [3.8, 4) is 0 Å². The summed E-state index contributed by atoms with van der Waals surface area (Å²) in [7, 11) is 0. The number of nitro groups is 2. The van der Waals surface area contributed by atoms with Crippen LogP contribution in [0.3, 0.4) is 0 Å². The minimum atomic E-state index is -0.979. The quantitative estimate of drug-likeness (QED) is 0.651. The topological polar surface area (TPSA) is 98.3 Å². The van der Waals surface area contributed by atoms with E-state index in [1.54, 1.807) is 0 Å². The molecule has 0 spiro atoms. The Morgan fingerprint density at radius 3 is 2.04 bits per heavy atom. The lowest BCUT2D eigenvalue weighted by molar-refractivity contribution is -0.393. The average Bonchev–Trinajstić information content (AvgIpc) is 2.46. The summed E-state index contributed by atoms with van der Waals surface area (Å²) < 4.78 is 27.4. The molecule has 7 nitrogen and oxygen atoms in total. The molecule has 0 saturated carbocycles. The molecule has 0 saturated heterocycles. The highest BCUT2D eigenvalue weighted by molar-refractivity contribution is 6.34. The van der Waals surface area contributed by atoms with Crippen molar-refractivity contribution in [2.75, 3.05) is 5.32 Å². The number of hydrogen-bond donors (Lipinski definition) is 1. The largest absolute Gasteiger partial charge is 0.345 e. The predicted molar refractivity (Wildman–Crippen MR) is 79.1 cm³/mol. The molecule has 0 aliphatic rings. The Kier molecular flexibility index (Phi) is 4.41. The fourth-order valence-electron chi connectivity index (χ4n) is 1.94. The monoisotopic (exact) mass is 343 g/mol. The first-order valence-electron chi connectivity index (χ1n) is 6.07. The lowest BCUT2D eigenvalue weighted by atomic mass is 10.1. The van der Waals surface area contributed by atoms with E-state index in [4.69, 9.17) is 11.6 Å². The van der Waals surface area contributed by atoms with Crippen LogP contribution < -0.4 is 5.32 Å². The summed E-state index contributed by atoms with van der Waals surface area (Å²) in [5.41, 5.74) is -2.41. The van der Waals surface area contributed by atoms with E-state index in [2.05, 4.69) is 5.32 Å². The second-order valence-electron chi connectivity index (χ2n) is 4.46. The Morgan fingerprint density at radius 1 is 1.04 bits per heavy atom. The highest BCUT2D eigenvalue weighted by Gasteiger charge is 2.28. The molecule has 23 heavy (non-hydrogen) atoms. The highest BCUT2D eigenvalue weighted by atomic mass is 35.5. The van der Waals surface area contributed by atoms with E-state index >= 15 is 0 Å². The molecule has 0 fully saturated rings. The lowest BCUT2D eigenvalue weighted by Gasteiger charge is -2.12. The highest BCUT2D eigenvalue weighted by Crippen LogP contribution is 2.41. The van der Waals surface area contributed by atoms with Gasteiger partial charge in [0, 0.05) is 5.56 Å². The van der Waals surface area contributed by atoms with Crippen molar-refractivity contribution < 1.29 is 18.6 Å². The third-order valence-corrected chi connectivity index (χ3v) is 3.54. The molecular weight excluding hydrogens is 336 g/mol. The summed E-state index contributed by atoms with van der Waals surface area (Å²) in [4.78, 5) is 20.2. The number of halogens is 3. The van der Waals surface area contributed by atoms with Gasteiger partial charge in [0.25, 0.3) is 11.4 Å². The third-order valence-electron chi connectivity index (χ3n) is 3.06. The molecule has 10 heteroatoms. The fourth-order valence-corrected chi connectivity index (χ4v) is 2.15. The molecule has 0 heterocycles. The summed E-state index contributed by atoms with van der Waals surface area (Å²) >= 11 is 5.82. The molecule has 0 aromatic heterocycles. The molecule has 0 radical (unpaired) electrons. The molecule has 2 rings (SSSR count). The molecule has 0 atom stereocenters. The zero-order valence-electron chi connectivity index (χ0n) is 11.5. The number of para-hydroxylation sites is 1. The van der Waals surface area contributed by atoms with Gasteiger partial charge < -0.3 is 5.32 Å². The van der Waals surface area contributed by atoms with E-state index in [9.17, 15) is 29.0 Å². The maximum absolute atomic E-state index is 13.7. The van der Waals surface area contributed by atoms with Crippen molar-refractivity contribution >= 4 is 34.4 Å². The molecular formula is C13H8ClF2N3O4. The van der Waals surface area contributed by atoms with Gasteiger partial charge in [0.15, 0.2) is 0 Å². The first-order chi connectivity index (χ1) is 10.7. The van der Waals surface area contributed by atoms with Crippen molar-refractivity contribution in [2.45, 2.75) is 6.92 Å². The maximum atomic E-state index is 13.7. The van der Waals surface area contributed by atoms with E-state index in [0.717, 1.165) is 18.2 Å². The van der Waals surface area contributed by atoms with Gasteiger partial charge in [-0.15, -0.1) is 0 Å². The van der Waals surface area contributed by atoms with Gasteiger partial charge in [-0.2, -0.15) is 0 Å². The van der Waals surface area contributed by atoms with Crippen molar-refractivity contribution in [3.05, 3.63) is 66.7 Å². The number of anilines is 2. The van der Waals surface area contributed by atoms with Crippen molar-refractivity contribution in [2.24, 2.45) is 0 Å². The zero-order chi connectivity index (χ0) is 17.3. The second kappa shape index (κ2) is 6.13. The summed E-state index contributed by atoms with van der Waals surface area (Å²) in [5.74, 6) is -1.96. The fraction of sp³-hybridized carbons (Fsp3) is 0.0769. The van der Waals surface area contributed by atoms with E-state index in [-0.39, 0.29) is 16.3 Å². The van der Waals surface area contributed by atoms with Crippen LogP contribution in [0.25, 0.3) is 0 Å². The second-order valence-corrected chi connectivity index (χ2v) is 4.84. The van der Waals surface area contributed by atoms with Crippen LogP contribution in [0.2, 0.25) is 5.02 Å². The van der Waals surface area contributed by atoms with Gasteiger partial charge in [-0.25, -0.2) is 8.78 Å². The van der Waals surface area contributed by atoms with Crippen LogP contribution in [-0.4, -0.2) is 9.85 Å². The first-order valence-corrected chi connectivity index (χ1v) is 6.44. The van der Waals surface area contributed by atoms with Crippen LogP contribution in [0.1, 0.15) is 5.56 Å². The molecule has 0 unspecified atom stereocenters. The van der Waals surface area contributed by atoms with Crippen LogP contribution >= 0.6 is 11.6 Å². The van der Waals surface area contributed by atoms with Gasteiger partial charge >= 0.3 is 0 Å². The van der Waals surface area contributed by atoms with Crippen molar-refractivity contribution in [1.82, 2.24) is 0 Å². The molecule has 120 valence electrons. The number of nitrogens with one attached hydrogen (secondary N) is 1. The van der Waals surface area contributed by atoms with E-state index in [0.29, 0.717) is 6.07 Å². The van der Waals surface area contributed by atoms with Crippen molar-refractivity contribution in [1.29, 1.82) is 0 Å². The predicted octanol–water partition coefficient (Wildman–Crippen LogP) is 4.49. The minimum Gasteiger partial charge on any atom is -0.345 e. The van der Waals surface area contributed by atoms with E-state index in [1.807, 2.05) is 0 Å². The van der Waals surface area contributed by atoms with Crippen LogP contribution in [0, 0.1) is 38.8 Å². The van der Waals surface area contributed by atoms with Gasteiger partial charge in [-0.3, -0.25) is 20.2 Å². The molecule has 0 aliphatic carbocycles. The number of nitro benzene ring substituents is 2. The summed E-state index contributed by atoms with van der Waals surface area (Å²) in [6.45, 7) is 1.27. The Morgan fingerprint density at radius 2 is 1.57 bits per heavy atom. The molecule has 0 amide bonds. The summed E-state index contributed by atoms with van der Waals surface area (Å²) in [5, 5.41) is 23.9. The number of rotatable bonds is 4. The Bertz CT molecular complexity index is 809. The molecule has 0 aliphatic heterocycles. The Hall–Kier alpha value is -2.81. The summed E-state index contributed by atoms with van der Waals surface area (Å²) in [6, 6.07) is 3.68. The summed E-state index contributed by atoms with van der Waals surface area (Å²) in [6.07, 6.45) is 0. The van der Waals surface area contributed by atoms with Gasteiger partial charge in [0.1, 0.15) is 28.0 Å². The average molecular weight is 344 g/mol. The molecule has 2 aromatic carbocycles. The van der Waals surface area contributed by atoms with E-state index in [1.165, 1.54) is 6.92 Å². The maximum Gasteiger partial charge on any atom is 0.299 e. The number of hydrogen-bond acceptors (Lipinski definition) is 5. The standard InChI is InChI=1S/C13H8ClF2N3O4/c1-6-11(14)9(18(20)21)5-10(19(22)23)12(6)17-13-7(15)3-2-4-8(13)16/h2-5,17H,1H3. The SMILES string of the molecule is Cc1c(Cl)c([N+](=O)[O-])cc([N+](=O)[O-])c1Nc1c(F)cccc1F. The van der Waals surface area contributed by atoms with Crippen LogP contribution in [0.15, 0.2) is 24.3 Å². The normalized spacial score (nSPS) is 10.4. The molecule has 0 bridgehead atoms. The lowest BCUT2D eigenvalue weighted by Crippen LogP contribution is -2.05. The third kappa shape index (κ3) is 3.04. The van der Waals surface area contributed by atoms with Crippen LogP contribution in [-0.2, 0) is 0 Å². The number of benzene rings is 2.